The molecule has 0 bridgehead atoms. The second-order valence-corrected chi connectivity index (χ2v) is 7.39. The molecule has 1 aliphatic carbocycles. The van der Waals surface area contributed by atoms with Crippen molar-refractivity contribution < 1.29 is 22.7 Å². The van der Waals surface area contributed by atoms with Crippen LogP contribution in [-0.2, 0) is 17.4 Å². The van der Waals surface area contributed by atoms with Gasteiger partial charge in [0.15, 0.2) is 12.4 Å². The monoisotopic (exact) mass is 427 g/mol. The molecule has 0 aliphatic heterocycles. The van der Waals surface area contributed by atoms with E-state index in [0.29, 0.717) is 11.3 Å². The van der Waals surface area contributed by atoms with Gasteiger partial charge in [0, 0.05) is 17.3 Å². The summed E-state index contributed by atoms with van der Waals surface area (Å²) in [6, 6.07) is 14.1. The summed E-state index contributed by atoms with van der Waals surface area (Å²) < 4.78 is 43.8. The number of aryl methyl sites for hydroxylation is 2. The van der Waals surface area contributed by atoms with Crippen molar-refractivity contribution >= 4 is 5.91 Å². The van der Waals surface area contributed by atoms with Crippen molar-refractivity contribution in [2.24, 2.45) is 0 Å². The fraction of sp³-hybridized carbons (Fsp3) is 0.261. The Bertz CT molecular complexity index is 1100. The number of amides is 1. The molecule has 0 saturated heterocycles. The van der Waals surface area contributed by atoms with E-state index in [1.54, 1.807) is 13.0 Å². The van der Waals surface area contributed by atoms with E-state index < -0.39 is 11.7 Å². The molecule has 1 amide bonds. The van der Waals surface area contributed by atoms with Gasteiger partial charge in [0.05, 0.1) is 11.6 Å². The average molecular weight is 427 g/mol. The van der Waals surface area contributed by atoms with Crippen molar-refractivity contribution in [3.05, 3.63) is 77.0 Å². The molecule has 1 N–H and O–H groups in total. The Hall–Kier alpha value is -3.42. The van der Waals surface area contributed by atoms with Crippen molar-refractivity contribution in [3.8, 4) is 17.3 Å². The second kappa shape index (κ2) is 8.37. The number of alkyl halides is 3. The van der Waals surface area contributed by atoms with Gasteiger partial charge in [-0.1, -0.05) is 36.4 Å². The maximum absolute atomic E-state index is 12.8. The van der Waals surface area contributed by atoms with Gasteiger partial charge < -0.3 is 10.1 Å². The smallest absolute Gasteiger partial charge is 0.416 e. The fourth-order valence-corrected chi connectivity index (χ4v) is 3.63. The standard InChI is InChI=1S/C23H20F3N3O2/c1-14-12-21(29-22(27-14)16-6-9-17(10-7-16)23(24,25)26)31-13-20(30)28-19-11-8-15-4-2-3-5-18(15)19/h2-7,9-10,12,19H,8,11,13H2,1H3,(H,28,30)/t19-/m0/s1. The minimum atomic E-state index is -4.41. The summed E-state index contributed by atoms with van der Waals surface area (Å²) >= 11 is 0. The first-order valence-corrected chi connectivity index (χ1v) is 9.83. The maximum atomic E-state index is 12.8. The highest BCUT2D eigenvalue weighted by molar-refractivity contribution is 5.78. The van der Waals surface area contributed by atoms with Crippen molar-refractivity contribution in [3.63, 3.8) is 0 Å². The average Bonchev–Trinajstić information content (AvgIpc) is 3.14. The van der Waals surface area contributed by atoms with Crippen LogP contribution >= 0.6 is 0 Å². The normalized spacial score (nSPS) is 15.4. The first-order chi connectivity index (χ1) is 14.8. The van der Waals surface area contributed by atoms with Gasteiger partial charge in [-0.05, 0) is 43.0 Å². The summed E-state index contributed by atoms with van der Waals surface area (Å²) in [5.74, 6) is 0.146. The van der Waals surface area contributed by atoms with E-state index in [-0.39, 0.29) is 30.3 Å². The Morgan fingerprint density at radius 1 is 1.13 bits per heavy atom. The van der Waals surface area contributed by atoms with Gasteiger partial charge in [0.1, 0.15) is 0 Å². The number of nitrogens with one attached hydrogen (secondary N) is 1. The Kier molecular flexibility index (Phi) is 5.63. The first kappa shape index (κ1) is 20.8. The maximum Gasteiger partial charge on any atom is 0.416 e. The third kappa shape index (κ3) is 4.84. The number of carbonyl (C=O) groups is 1. The van der Waals surface area contributed by atoms with Crippen LogP contribution in [0.5, 0.6) is 5.88 Å². The molecule has 4 rings (SSSR count). The molecule has 0 saturated carbocycles. The van der Waals surface area contributed by atoms with E-state index in [2.05, 4.69) is 21.4 Å². The summed E-state index contributed by atoms with van der Waals surface area (Å²) in [7, 11) is 0. The van der Waals surface area contributed by atoms with Gasteiger partial charge in [0.2, 0.25) is 5.88 Å². The molecule has 0 unspecified atom stereocenters. The molecule has 3 aromatic rings. The van der Waals surface area contributed by atoms with Crippen LogP contribution in [0, 0.1) is 6.92 Å². The third-order valence-electron chi connectivity index (χ3n) is 5.12. The molecule has 1 atom stereocenters. The Labute approximate surface area is 177 Å². The zero-order valence-corrected chi connectivity index (χ0v) is 16.7. The predicted octanol–water partition coefficient (Wildman–Crippen LogP) is 4.65. The first-order valence-electron chi connectivity index (χ1n) is 9.83. The SMILES string of the molecule is Cc1cc(OCC(=O)N[C@H]2CCc3ccccc32)nc(-c2ccc(C(F)(F)F)cc2)n1. The molecule has 5 nitrogen and oxygen atoms in total. The Balaban J connectivity index is 1.41. The highest BCUT2D eigenvalue weighted by atomic mass is 19.4. The Morgan fingerprint density at radius 3 is 2.61 bits per heavy atom. The van der Waals surface area contributed by atoms with E-state index in [4.69, 9.17) is 4.74 Å². The van der Waals surface area contributed by atoms with Crippen molar-refractivity contribution in [1.29, 1.82) is 0 Å². The predicted molar refractivity (Wildman–Crippen MR) is 108 cm³/mol. The van der Waals surface area contributed by atoms with Gasteiger partial charge in [-0.15, -0.1) is 0 Å². The number of nitrogens with zero attached hydrogens (tertiary/aromatic N) is 2. The number of rotatable bonds is 5. The molecule has 1 aromatic heterocycles. The molecular weight excluding hydrogens is 407 g/mol. The van der Waals surface area contributed by atoms with Gasteiger partial charge in [-0.2, -0.15) is 18.2 Å². The number of aromatic nitrogens is 2. The van der Waals surface area contributed by atoms with Gasteiger partial charge >= 0.3 is 6.18 Å². The highest BCUT2D eigenvalue weighted by Gasteiger charge is 2.30. The number of hydrogen-bond donors (Lipinski definition) is 1. The number of carbonyl (C=O) groups excluding carboxylic acids is 1. The van der Waals surface area contributed by atoms with Crippen molar-refractivity contribution in [2.45, 2.75) is 32.0 Å². The summed E-state index contributed by atoms with van der Waals surface area (Å²) in [6.45, 7) is 1.50. The number of halogens is 3. The van der Waals surface area contributed by atoms with E-state index in [9.17, 15) is 18.0 Å². The van der Waals surface area contributed by atoms with Crippen LogP contribution in [0.1, 0.15) is 34.8 Å². The summed E-state index contributed by atoms with van der Waals surface area (Å²) in [6.07, 6.45) is -2.65. The molecule has 1 aliphatic rings. The van der Waals surface area contributed by atoms with Crippen LogP contribution in [0.2, 0.25) is 0 Å². The molecule has 160 valence electrons. The quantitative estimate of drug-likeness (QED) is 0.644. The highest BCUT2D eigenvalue weighted by Crippen LogP contribution is 2.31. The lowest BCUT2D eigenvalue weighted by molar-refractivity contribution is -0.137. The van der Waals surface area contributed by atoms with Crippen LogP contribution in [0.3, 0.4) is 0 Å². The number of hydrogen-bond acceptors (Lipinski definition) is 4. The van der Waals surface area contributed by atoms with E-state index in [0.717, 1.165) is 30.5 Å². The van der Waals surface area contributed by atoms with Gasteiger partial charge in [-0.3, -0.25) is 4.79 Å². The number of benzene rings is 2. The number of fused-ring (bicyclic) bond motifs is 1. The lowest BCUT2D eigenvalue weighted by Gasteiger charge is -2.14. The van der Waals surface area contributed by atoms with E-state index in [1.165, 1.54) is 17.7 Å². The lowest BCUT2D eigenvalue weighted by atomic mass is 10.1. The minimum absolute atomic E-state index is 0.0397. The zero-order chi connectivity index (χ0) is 22.0. The van der Waals surface area contributed by atoms with Crippen LogP contribution in [0.4, 0.5) is 13.2 Å². The lowest BCUT2D eigenvalue weighted by Crippen LogP contribution is -2.31. The van der Waals surface area contributed by atoms with E-state index in [1.807, 2.05) is 18.2 Å². The summed E-state index contributed by atoms with van der Waals surface area (Å²) in [5, 5.41) is 2.97. The largest absolute Gasteiger partial charge is 0.467 e. The molecule has 0 radical (unpaired) electrons. The molecule has 2 aromatic carbocycles. The zero-order valence-electron chi connectivity index (χ0n) is 16.7. The second-order valence-electron chi connectivity index (χ2n) is 7.39. The van der Waals surface area contributed by atoms with Gasteiger partial charge in [-0.25, -0.2) is 4.98 Å². The fourth-order valence-electron chi connectivity index (χ4n) is 3.63. The molecule has 31 heavy (non-hydrogen) atoms. The summed E-state index contributed by atoms with van der Waals surface area (Å²) in [4.78, 5) is 20.9. The molecule has 0 spiro atoms. The van der Waals surface area contributed by atoms with Crippen LogP contribution < -0.4 is 10.1 Å². The van der Waals surface area contributed by atoms with Crippen LogP contribution in [-0.4, -0.2) is 22.5 Å². The molecule has 0 fully saturated rings. The van der Waals surface area contributed by atoms with Crippen molar-refractivity contribution in [1.82, 2.24) is 15.3 Å². The summed E-state index contributed by atoms with van der Waals surface area (Å²) in [5.41, 5.74) is 2.61. The molecule has 8 heteroatoms. The van der Waals surface area contributed by atoms with Crippen molar-refractivity contribution in [2.75, 3.05) is 6.61 Å². The minimum Gasteiger partial charge on any atom is -0.467 e. The number of ether oxygens (including phenoxy) is 1. The Morgan fingerprint density at radius 2 is 1.87 bits per heavy atom. The van der Waals surface area contributed by atoms with Crippen LogP contribution in [0.15, 0.2) is 54.6 Å². The molecule has 1 heterocycles. The molecular formula is C23H20F3N3O2. The van der Waals surface area contributed by atoms with E-state index >= 15 is 0 Å². The third-order valence-corrected chi connectivity index (χ3v) is 5.12. The topological polar surface area (TPSA) is 64.1 Å². The van der Waals surface area contributed by atoms with Crippen LogP contribution in [0.25, 0.3) is 11.4 Å². The van der Waals surface area contributed by atoms with Gasteiger partial charge in [0.25, 0.3) is 5.91 Å².